The molecule has 21 heavy (non-hydrogen) atoms. The van der Waals surface area contributed by atoms with Gasteiger partial charge < -0.3 is 9.47 Å². The van der Waals surface area contributed by atoms with Crippen molar-refractivity contribution in [2.24, 2.45) is 12.9 Å². The molecule has 1 atom stereocenters. The summed E-state index contributed by atoms with van der Waals surface area (Å²) in [5.74, 6) is 6.56. The minimum absolute atomic E-state index is 0.169. The Hall–Kier alpha value is -1.89. The fraction of sp³-hybridized carbons (Fsp3) is 0.400. The summed E-state index contributed by atoms with van der Waals surface area (Å²) in [6.07, 6.45) is 1.83. The van der Waals surface area contributed by atoms with Gasteiger partial charge in [-0.2, -0.15) is 5.10 Å². The summed E-state index contributed by atoms with van der Waals surface area (Å²) in [6.45, 7) is 3.05. The van der Waals surface area contributed by atoms with Crippen LogP contribution in [0.3, 0.4) is 0 Å². The van der Waals surface area contributed by atoms with Gasteiger partial charge in [-0.15, -0.1) is 0 Å². The second-order valence-corrected chi connectivity index (χ2v) is 4.79. The van der Waals surface area contributed by atoms with E-state index < -0.39 is 0 Å². The van der Waals surface area contributed by atoms with Gasteiger partial charge in [-0.25, -0.2) is 5.43 Å². The van der Waals surface area contributed by atoms with Crippen molar-refractivity contribution in [3.8, 4) is 5.75 Å². The van der Waals surface area contributed by atoms with Gasteiger partial charge in [-0.1, -0.05) is 18.2 Å². The Balaban J connectivity index is 2.31. The lowest BCUT2D eigenvalue weighted by Gasteiger charge is -2.20. The lowest BCUT2D eigenvalue weighted by molar-refractivity contribution is 0.145. The van der Waals surface area contributed by atoms with E-state index in [0.717, 1.165) is 22.6 Å². The number of benzene rings is 1. The molecule has 0 aliphatic carbocycles. The summed E-state index contributed by atoms with van der Waals surface area (Å²) < 4.78 is 12.6. The van der Waals surface area contributed by atoms with Gasteiger partial charge in [0.05, 0.1) is 18.8 Å². The number of nitrogens with zero attached hydrogens (tertiary/aromatic N) is 2. The zero-order valence-corrected chi connectivity index (χ0v) is 12.7. The van der Waals surface area contributed by atoms with E-state index in [4.69, 9.17) is 15.3 Å². The minimum Gasteiger partial charge on any atom is -0.491 e. The monoisotopic (exact) mass is 290 g/mol. The lowest BCUT2D eigenvalue weighted by atomic mass is 9.99. The van der Waals surface area contributed by atoms with E-state index in [1.807, 2.05) is 49.1 Å². The molecule has 6 nitrogen and oxygen atoms in total. The third-order valence-electron chi connectivity index (χ3n) is 3.53. The molecule has 1 aromatic heterocycles. The maximum atomic E-state index is 5.78. The SMILES string of the molecule is COCCOc1ccccc1C(NN)c1cnn(C)c1C. The number of para-hydroxylation sites is 1. The van der Waals surface area contributed by atoms with E-state index in [9.17, 15) is 0 Å². The maximum absolute atomic E-state index is 5.78. The molecule has 2 aromatic rings. The van der Waals surface area contributed by atoms with Gasteiger partial charge in [0.15, 0.2) is 0 Å². The fourth-order valence-electron chi connectivity index (χ4n) is 2.23. The Morgan fingerprint density at radius 3 is 2.67 bits per heavy atom. The van der Waals surface area contributed by atoms with E-state index in [1.165, 1.54) is 0 Å². The molecular weight excluding hydrogens is 268 g/mol. The van der Waals surface area contributed by atoms with Gasteiger partial charge in [-0.05, 0) is 13.0 Å². The third kappa shape index (κ3) is 3.41. The first kappa shape index (κ1) is 15.5. The molecule has 2 rings (SSSR count). The molecular formula is C15H22N4O2. The summed E-state index contributed by atoms with van der Waals surface area (Å²) in [7, 11) is 3.56. The first-order valence-corrected chi connectivity index (χ1v) is 6.84. The van der Waals surface area contributed by atoms with Crippen molar-refractivity contribution in [1.82, 2.24) is 15.2 Å². The molecule has 0 aliphatic heterocycles. The van der Waals surface area contributed by atoms with Crippen LogP contribution in [0.15, 0.2) is 30.5 Å². The molecule has 0 bridgehead atoms. The maximum Gasteiger partial charge on any atom is 0.124 e. The average molecular weight is 290 g/mol. The lowest BCUT2D eigenvalue weighted by Crippen LogP contribution is -2.29. The molecule has 114 valence electrons. The first-order valence-electron chi connectivity index (χ1n) is 6.84. The number of hydrazine groups is 1. The molecule has 3 N–H and O–H groups in total. The highest BCUT2D eigenvalue weighted by molar-refractivity contribution is 5.42. The van der Waals surface area contributed by atoms with Crippen molar-refractivity contribution in [3.05, 3.63) is 47.3 Å². The molecule has 0 saturated heterocycles. The van der Waals surface area contributed by atoms with Crippen LogP contribution in [-0.4, -0.2) is 30.1 Å². The van der Waals surface area contributed by atoms with Crippen molar-refractivity contribution in [2.45, 2.75) is 13.0 Å². The number of hydrogen-bond acceptors (Lipinski definition) is 5. The van der Waals surface area contributed by atoms with E-state index in [0.29, 0.717) is 13.2 Å². The smallest absolute Gasteiger partial charge is 0.124 e. The molecule has 0 aliphatic rings. The number of aryl methyl sites for hydroxylation is 1. The molecule has 1 aromatic carbocycles. The van der Waals surface area contributed by atoms with Crippen LogP contribution in [0.5, 0.6) is 5.75 Å². The minimum atomic E-state index is -0.169. The van der Waals surface area contributed by atoms with Crippen LogP contribution < -0.4 is 16.0 Å². The number of nitrogens with one attached hydrogen (secondary N) is 1. The van der Waals surface area contributed by atoms with Crippen LogP contribution in [-0.2, 0) is 11.8 Å². The second kappa shape index (κ2) is 7.21. The number of hydrogen-bond donors (Lipinski definition) is 2. The van der Waals surface area contributed by atoms with Gasteiger partial charge in [0.1, 0.15) is 12.4 Å². The first-order chi connectivity index (χ1) is 10.2. The van der Waals surface area contributed by atoms with Crippen LogP contribution in [0, 0.1) is 6.92 Å². The Kier molecular flexibility index (Phi) is 5.32. The van der Waals surface area contributed by atoms with Crippen molar-refractivity contribution < 1.29 is 9.47 Å². The Bertz CT molecular complexity index is 583. The summed E-state index contributed by atoms with van der Waals surface area (Å²) in [5, 5.41) is 4.28. The predicted molar refractivity (Wildman–Crippen MR) is 80.9 cm³/mol. The number of aromatic nitrogens is 2. The van der Waals surface area contributed by atoms with Crippen LogP contribution in [0.25, 0.3) is 0 Å². The van der Waals surface area contributed by atoms with Crippen molar-refractivity contribution in [1.29, 1.82) is 0 Å². The molecule has 0 spiro atoms. The van der Waals surface area contributed by atoms with E-state index >= 15 is 0 Å². The fourth-order valence-corrected chi connectivity index (χ4v) is 2.23. The highest BCUT2D eigenvalue weighted by atomic mass is 16.5. The quantitative estimate of drug-likeness (QED) is 0.457. The van der Waals surface area contributed by atoms with Gasteiger partial charge in [0.2, 0.25) is 0 Å². The highest BCUT2D eigenvalue weighted by Gasteiger charge is 2.20. The van der Waals surface area contributed by atoms with Crippen LogP contribution >= 0.6 is 0 Å². The van der Waals surface area contributed by atoms with E-state index in [1.54, 1.807) is 7.11 Å². The summed E-state index contributed by atoms with van der Waals surface area (Å²) in [4.78, 5) is 0. The van der Waals surface area contributed by atoms with E-state index in [-0.39, 0.29) is 6.04 Å². The zero-order valence-electron chi connectivity index (χ0n) is 12.7. The standard InChI is InChI=1S/C15H22N4O2/c1-11-13(10-17-19(11)2)15(18-16)12-6-4-5-7-14(12)21-9-8-20-3/h4-7,10,15,18H,8-9,16H2,1-3H3. The normalized spacial score (nSPS) is 12.4. The van der Waals surface area contributed by atoms with Crippen molar-refractivity contribution >= 4 is 0 Å². The molecule has 0 amide bonds. The molecule has 1 heterocycles. The van der Waals surface area contributed by atoms with Crippen LogP contribution in [0.1, 0.15) is 22.9 Å². The highest BCUT2D eigenvalue weighted by Crippen LogP contribution is 2.30. The van der Waals surface area contributed by atoms with Crippen molar-refractivity contribution in [2.75, 3.05) is 20.3 Å². The molecule has 6 heteroatoms. The molecule has 0 saturated carbocycles. The molecule has 0 fully saturated rings. The average Bonchev–Trinajstić information content (AvgIpc) is 2.82. The molecule has 1 unspecified atom stereocenters. The summed E-state index contributed by atoms with van der Waals surface area (Å²) >= 11 is 0. The van der Waals surface area contributed by atoms with Crippen molar-refractivity contribution in [3.63, 3.8) is 0 Å². The summed E-state index contributed by atoms with van der Waals surface area (Å²) in [6, 6.07) is 7.67. The Morgan fingerprint density at radius 1 is 1.29 bits per heavy atom. The number of methoxy groups -OCH3 is 1. The zero-order chi connectivity index (χ0) is 15.2. The molecule has 0 radical (unpaired) electrons. The largest absolute Gasteiger partial charge is 0.491 e. The number of ether oxygens (including phenoxy) is 2. The third-order valence-corrected chi connectivity index (χ3v) is 3.53. The van der Waals surface area contributed by atoms with Gasteiger partial charge >= 0.3 is 0 Å². The van der Waals surface area contributed by atoms with Crippen LogP contribution in [0.4, 0.5) is 0 Å². The van der Waals surface area contributed by atoms with E-state index in [2.05, 4.69) is 10.5 Å². The van der Waals surface area contributed by atoms with Gasteiger partial charge in [0.25, 0.3) is 0 Å². The topological polar surface area (TPSA) is 74.3 Å². The second-order valence-electron chi connectivity index (χ2n) is 4.79. The Labute approximate surface area is 124 Å². The van der Waals surface area contributed by atoms with Gasteiger partial charge in [-0.3, -0.25) is 10.5 Å². The van der Waals surface area contributed by atoms with Gasteiger partial charge in [0, 0.05) is 31.0 Å². The summed E-state index contributed by atoms with van der Waals surface area (Å²) in [5.41, 5.74) is 5.92. The predicted octanol–water partition coefficient (Wildman–Crippen LogP) is 1.31. The van der Waals surface area contributed by atoms with Crippen LogP contribution in [0.2, 0.25) is 0 Å². The Morgan fingerprint density at radius 2 is 2.05 bits per heavy atom. The number of rotatable bonds is 7. The number of nitrogens with two attached hydrogens (primary N) is 1.